The van der Waals surface area contributed by atoms with E-state index in [4.69, 9.17) is 11.6 Å². The Morgan fingerprint density at radius 2 is 1.44 bits per heavy atom. The average molecular weight is 499 g/mol. The van der Waals surface area contributed by atoms with Gasteiger partial charge < -0.3 is 15.1 Å². The fourth-order valence-corrected chi connectivity index (χ4v) is 6.19. The quantitative estimate of drug-likeness (QED) is 0.598. The summed E-state index contributed by atoms with van der Waals surface area (Å²) in [5.41, 5.74) is 1.75. The van der Waals surface area contributed by atoms with Gasteiger partial charge in [0.25, 0.3) is 5.91 Å². The highest BCUT2D eigenvalue weighted by molar-refractivity contribution is 7.89. The summed E-state index contributed by atoms with van der Waals surface area (Å²) in [5.74, 6) is -0.0634. The van der Waals surface area contributed by atoms with Gasteiger partial charge in [0.15, 0.2) is 0 Å². The normalized spacial score (nSPS) is 17.8. The molecule has 2 aliphatic heterocycles. The number of rotatable bonds is 4. The van der Waals surface area contributed by atoms with Crippen LogP contribution in [-0.2, 0) is 10.0 Å². The molecule has 3 aromatic rings. The SMILES string of the molecule is O=C(c1ccc(N2CCNCC2)cc1)N1CCN(S(=O)(=O)c2ccc3cc(Cl)ccc3c2)CC1. The molecular weight excluding hydrogens is 472 g/mol. The zero-order valence-corrected chi connectivity index (χ0v) is 20.4. The third-order valence-corrected chi connectivity index (χ3v) is 8.66. The van der Waals surface area contributed by atoms with Gasteiger partial charge in [0.05, 0.1) is 4.90 Å². The van der Waals surface area contributed by atoms with Crippen molar-refractivity contribution in [3.05, 3.63) is 71.2 Å². The molecule has 0 spiro atoms. The molecule has 1 amide bonds. The molecule has 178 valence electrons. The van der Waals surface area contributed by atoms with Crippen LogP contribution < -0.4 is 10.2 Å². The first-order valence-corrected chi connectivity index (χ1v) is 13.3. The van der Waals surface area contributed by atoms with E-state index in [-0.39, 0.29) is 23.9 Å². The van der Waals surface area contributed by atoms with E-state index in [0.29, 0.717) is 23.7 Å². The molecule has 0 aromatic heterocycles. The number of halogens is 1. The Balaban J connectivity index is 1.24. The molecule has 2 aliphatic rings. The highest BCUT2D eigenvalue weighted by Gasteiger charge is 2.30. The molecule has 0 bridgehead atoms. The van der Waals surface area contributed by atoms with E-state index in [9.17, 15) is 13.2 Å². The lowest BCUT2D eigenvalue weighted by atomic mass is 10.1. The summed E-state index contributed by atoms with van der Waals surface area (Å²) in [6, 6.07) is 18.2. The zero-order chi connectivity index (χ0) is 23.7. The third kappa shape index (κ3) is 4.63. The lowest BCUT2D eigenvalue weighted by Gasteiger charge is -2.34. The molecule has 2 fully saturated rings. The van der Waals surface area contributed by atoms with Crippen LogP contribution in [0.4, 0.5) is 5.69 Å². The third-order valence-electron chi connectivity index (χ3n) is 6.53. The largest absolute Gasteiger partial charge is 0.369 e. The average Bonchev–Trinajstić information content (AvgIpc) is 2.88. The molecule has 9 heteroatoms. The predicted molar refractivity (Wildman–Crippen MR) is 135 cm³/mol. The van der Waals surface area contributed by atoms with Crippen molar-refractivity contribution in [2.24, 2.45) is 0 Å². The molecule has 0 atom stereocenters. The zero-order valence-electron chi connectivity index (χ0n) is 18.8. The molecule has 3 aromatic carbocycles. The minimum absolute atomic E-state index is 0.0634. The Labute approximate surface area is 204 Å². The molecule has 1 N–H and O–H groups in total. The van der Waals surface area contributed by atoms with Gasteiger partial charge in [0.1, 0.15) is 0 Å². The van der Waals surface area contributed by atoms with Crippen LogP contribution in [0, 0.1) is 0 Å². The Morgan fingerprint density at radius 3 is 2.15 bits per heavy atom. The van der Waals surface area contributed by atoms with Crippen molar-refractivity contribution in [1.82, 2.24) is 14.5 Å². The molecule has 7 nitrogen and oxygen atoms in total. The number of hydrogen-bond acceptors (Lipinski definition) is 5. The maximum atomic E-state index is 13.2. The number of nitrogens with one attached hydrogen (secondary N) is 1. The Kier molecular flexibility index (Phi) is 6.48. The summed E-state index contributed by atoms with van der Waals surface area (Å²) in [4.78, 5) is 17.3. The van der Waals surface area contributed by atoms with E-state index >= 15 is 0 Å². The molecule has 0 aliphatic carbocycles. The number of benzene rings is 3. The second-order valence-electron chi connectivity index (χ2n) is 8.63. The van der Waals surface area contributed by atoms with Crippen molar-refractivity contribution in [3.8, 4) is 0 Å². The molecule has 0 radical (unpaired) electrons. The molecule has 0 saturated carbocycles. The Morgan fingerprint density at radius 1 is 0.794 bits per heavy atom. The van der Waals surface area contributed by atoms with Crippen molar-refractivity contribution in [2.75, 3.05) is 57.3 Å². The van der Waals surface area contributed by atoms with Crippen LogP contribution in [0.3, 0.4) is 0 Å². The molecule has 0 unspecified atom stereocenters. The standard InChI is InChI=1S/C25H27ClN4O3S/c26-22-5-1-21-18-24(8-4-20(21)17-22)34(32,33)30-15-13-29(14-16-30)25(31)19-2-6-23(7-3-19)28-11-9-27-10-12-28/h1-8,17-18,27H,9-16H2. The predicted octanol–water partition coefficient (Wildman–Crippen LogP) is 3.05. The van der Waals surface area contributed by atoms with Crippen LogP contribution in [0.5, 0.6) is 0 Å². The van der Waals surface area contributed by atoms with Gasteiger partial charge in [-0.15, -0.1) is 0 Å². The minimum Gasteiger partial charge on any atom is -0.369 e. The van der Waals surface area contributed by atoms with Crippen LogP contribution >= 0.6 is 11.6 Å². The van der Waals surface area contributed by atoms with E-state index < -0.39 is 10.0 Å². The van der Waals surface area contributed by atoms with Gasteiger partial charge in [-0.3, -0.25) is 4.79 Å². The fourth-order valence-electron chi connectivity index (χ4n) is 4.56. The molecule has 5 rings (SSSR count). The first-order valence-electron chi connectivity index (χ1n) is 11.5. The monoisotopic (exact) mass is 498 g/mol. The number of nitrogens with zero attached hydrogens (tertiary/aromatic N) is 3. The van der Waals surface area contributed by atoms with Crippen LogP contribution in [0.2, 0.25) is 5.02 Å². The molecule has 34 heavy (non-hydrogen) atoms. The van der Waals surface area contributed by atoms with Crippen molar-refractivity contribution < 1.29 is 13.2 Å². The van der Waals surface area contributed by atoms with Crippen LogP contribution in [0.25, 0.3) is 10.8 Å². The smallest absolute Gasteiger partial charge is 0.253 e. The molecule has 2 saturated heterocycles. The number of carbonyl (C=O) groups excluding carboxylic acids is 1. The van der Waals surface area contributed by atoms with Gasteiger partial charge in [-0.25, -0.2) is 8.42 Å². The second-order valence-corrected chi connectivity index (χ2v) is 11.0. The maximum Gasteiger partial charge on any atom is 0.253 e. The highest BCUT2D eigenvalue weighted by Crippen LogP contribution is 2.25. The van der Waals surface area contributed by atoms with Crippen LogP contribution in [0.15, 0.2) is 65.6 Å². The maximum absolute atomic E-state index is 13.2. The molecule has 2 heterocycles. The van der Waals surface area contributed by atoms with E-state index in [0.717, 1.165) is 42.6 Å². The van der Waals surface area contributed by atoms with E-state index in [1.807, 2.05) is 36.4 Å². The number of hydrogen-bond donors (Lipinski definition) is 1. The van der Waals surface area contributed by atoms with E-state index in [1.165, 1.54) is 4.31 Å². The van der Waals surface area contributed by atoms with Gasteiger partial charge in [0, 0.05) is 68.6 Å². The lowest BCUT2D eigenvalue weighted by molar-refractivity contribution is 0.0698. The second kappa shape index (κ2) is 9.54. The van der Waals surface area contributed by atoms with Gasteiger partial charge in [-0.2, -0.15) is 4.31 Å². The van der Waals surface area contributed by atoms with Gasteiger partial charge in [0.2, 0.25) is 10.0 Å². The van der Waals surface area contributed by atoms with E-state index in [1.54, 1.807) is 29.2 Å². The Bertz CT molecular complexity index is 1300. The topological polar surface area (TPSA) is 73.0 Å². The highest BCUT2D eigenvalue weighted by atomic mass is 35.5. The first-order chi connectivity index (χ1) is 16.4. The summed E-state index contributed by atoms with van der Waals surface area (Å²) in [6.45, 7) is 5.09. The molecular formula is C25H27ClN4O3S. The van der Waals surface area contributed by atoms with Crippen molar-refractivity contribution in [1.29, 1.82) is 0 Å². The fraction of sp³-hybridized carbons (Fsp3) is 0.320. The van der Waals surface area contributed by atoms with Crippen LogP contribution in [0.1, 0.15) is 10.4 Å². The van der Waals surface area contributed by atoms with Crippen molar-refractivity contribution in [2.45, 2.75) is 4.90 Å². The minimum atomic E-state index is -3.64. The summed E-state index contributed by atoms with van der Waals surface area (Å²) >= 11 is 6.03. The summed E-state index contributed by atoms with van der Waals surface area (Å²) < 4.78 is 27.9. The first kappa shape index (κ1) is 23.1. The van der Waals surface area contributed by atoms with E-state index in [2.05, 4.69) is 10.2 Å². The number of fused-ring (bicyclic) bond motifs is 1. The summed E-state index contributed by atoms with van der Waals surface area (Å²) in [6.07, 6.45) is 0. The van der Waals surface area contributed by atoms with Gasteiger partial charge in [-0.05, 0) is 59.3 Å². The number of carbonyl (C=O) groups is 1. The van der Waals surface area contributed by atoms with Gasteiger partial charge in [-0.1, -0.05) is 23.7 Å². The summed E-state index contributed by atoms with van der Waals surface area (Å²) in [5, 5.41) is 5.67. The number of anilines is 1. The number of amides is 1. The van der Waals surface area contributed by atoms with Crippen molar-refractivity contribution >= 4 is 44.0 Å². The Hall–Kier alpha value is -2.65. The summed E-state index contributed by atoms with van der Waals surface area (Å²) in [7, 11) is -3.64. The van der Waals surface area contributed by atoms with Gasteiger partial charge >= 0.3 is 0 Å². The lowest BCUT2D eigenvalue weighted by Crippen LogP contribution is -2.50. The van der Waals surface area contributed by atoms with Crippen LogP contribution in [-0.4, -0.2) is 75.9 Å². The van der Waals surface area contributed by atoms with Crippen molar-refractivity contribution in [3.63, 3.8) is 0 Å². The number of sulfonamides is 1. The number of piperazine rings is 2.